The van der Waals surface area contributed by atoms with Crippen LogP contribution in [0.1, 0.15) is 24.7 Å². The summed E-state index contributed by atoms with van der Waals surface area (Å²) in [5, 5.41) is 12.5. The largest absolute Gasteiger partial charge is 0.395 e. The van der Waals surface area contributed by atoms with E-state index in [0.717, 1.165) is 30.0 Å². The molecule has 2 aromatic heterocycles. The molecule has 0 saturated carbocycles. The van der Waals surface area contributed by atoms with Crippen molar-refractivity contribution in [1.29, 1.82) is 0 Å². The Labute approximate surface area is 101 Å². The number of aliphatic hydroxyl groups excluding tert-OH is 1. The van der Waals surface area contributed by atoms with E-state index in [0.29, 0.717) is 0 Å². The molecule has 4 heteroatoms. The van der Waals surface area contributed by atoms with Gasteiger partial charge in [0.25, 0.3) is 0 Å². The van der Waals surface area contributed by atoms with Gasteiger partial charge in [0, 0.05) is 18.8 Å². The summed E-state index contributed by atoms with van der Waals surface area (Å²) in [5.41, 5.74) is 3.17. The Morgan fingerprint density at radius 1 is 1.47 bits per heavy atom. The van der Waals surface area contributed by atoms with E-state index in [1.54, 1.807) is 0 Å². The zero-order chi connectivity index (χ0) is 12.3. The average Bonchev–Trinajstić information content (AvgIpc) is 2.67. The molecule has 0 radical (unpaired) electrons. The van der Waals surface area contributed by atoms with Crippen molar-refractivity contribution in [3.05, 3.63) is 35.8 Å². The molecule has 0 amide bonds. The average molecular weight is 233 g/mol. The van der Waals surface area contributed by atoms with Crippen LogP contribution in [0.5, 0.6) is 0 Å². The number of nitrogens with one attached hydrogen (secondary N) is 1. The summed E-state index contributed by atoms with van der Waals surface area (Å²) in [6, 6.07) is 6.14. The second kappa shape index (κ2) is 5.29. The number of hydrogen-bond acceptors (Lipinski definition) is 3. The monoisotopic (exact) mass is 233 g/mol. The summed E-state index contributed by atoms with van der Waals surface area (Å²) < 4.78 is 2.09. The van der Waals surface area contributed by atoms with Crippen molar-refractivity contribution in [2.45, 2.75) is 32.9 Å². The molecule has 2 aromatic rings. The van der Waals surface area contributed by atoms with E-state index in [1.165, 1.54) is 0 Å². The Morgan fingerprint density at radius 3 is 3.00 bits per heavy atom. The number of fused-ring (bicyclic) bond motifs is 1. The topological polar surface area (TPSA) is 49.6 Å². The number of imidazole rings is 1. The second-order valence-electron chi connectivity index (χ2n) is 4.24. The van der Waals surface area contributed by atoms with Crippen LogP contribution in [0.2, 0.25) is 0 Å². The molecule has 17 heavy (non-hydrogen) atoms. The second-order valence-corrected chi connectivity index (χ2v) is 4.24. The summed E-state index contributed by atoms with van der Waals surface area (Å²) in [6.45, 7) is 4.99. The van der Waals surface area contributed by atoms with Gasteiger partial charge in [-0.05, 0) is 25.5 Å². The van der Waals surface area contributed by atoms with Gasteiger partial charge in [0.1, 0.15) is 5.65 Å². The highest BCUT2D eigenvalue weighted by molar-refractivity contribution is 5.42. The number of aryl methyl sites for hydroxylation is 1. The Balaban J connectivity index is 2.20. The van der Waals surface area contributed by atoms with E-state index in [4.69, 9.17) is 5.11 Å². The van der Waals surface area contributed by atoms with Crippen molar-refractivity contribution in [3.8, 4) is 0 Å². The molecule has 0 aromatic carbocycles. The number of aromatic nitrogens is 2. The van der Waals surface area contributed by atoms with Gasteiger partial charge in [-0.2, -0.15) is 0 Å². The zero-order valence-electron chi connectivity index (χ0n) is 10.3. The lowest BCUT2D eigenvalue weighted by Crippen LogP contribution is -2.31. The van der Waals surface area contributed by atoms with E-state index in [9.17, 15) is 0 Å². The molecule has 2 heterocycles. The third-order valence-electron chi connectivity index (χ3n) is 3.10. The van der Waals surface area contributed by atoms with Gasteiger partial charge in [0.2, 0.25) is 0 Å². The van der Waals surface area contributed by atoms with Crippen LogP contribution >= 0.6 is 0 Å². The number of aliphatic hydroxyl groups is 1. The molecule has 0 unspecified atom stereocenters. The number of pyridine rings is 1. The minimum Gasteiger partial charge on any atom is -0.395 e. The van der Waals surface area contributed by atoms with Gasteiger partial charge in [-0.25, -0.2) is 4.98 Å². The highest BCUT2D eigenvalue weighted by Crippen LogP contribution is 2.11. The maximum Gasteiger partial charge on any atom is 0.137 e. The maximum atomic E-state index is 9.15. The first-order valence-electron chi connectivity index (χ1n) is 6.03. The van der Waals surface area contributed by atoms with Gasteiger partial charge in [-0.15, -0.1) is 0 Å². The molecular weight excluding hydrogens is 214 g/mol. The van der Waals surface area contributed by atoms with E-state index in [-0.39, 0.29) is 12.6 Å². The Hall–Kier alpha value is -1.39. The summed E-state index contributed by atoms with van der Waals surface area (Å²) >= 11 is 0. The first kappa shape index (κ1) is 12.1. The van der Waals surface area contributed by atoms with E-state index >= 15 is 0 Å². The van der Waals surface area contributed by atoms with Gasteiger partial charge < -0.3 is 14.8 Å². The van der Waals surface area contributed by atoms with Crippen LogP contribution in [0.25, 0.3) is 5.65 Å². The smallest absolute Gasteiger partial charge is 0.137 e. The first-order valence-corrected chi connectivity index (χ1v) is 6.03. The molecule has 0 aliphatic carbocycles. The molecule has 0 aliphatic heterocycles. The van der Waals surface area contributed by atoms with Gasteiger partial charge in [-0.3, -0.25) is 0 Å². The fraction of sp³-hybridized carbons (Fsp3) is 0.462. The van der Waals surface area contributed by atoms with Crippen LogP contribution in [0.15, 0.2) is 24.4 Å². The molecule has 4 nitrogen and oxygen atoms in total. The van der Waals surface area contributed by atoms with Crippen molar-refractivity contribution in [2.24, 2.45) is 0 Å². The fourth-order valence-electron chi connectivity index (χ4n) is 1.96. The summed E-state index contributed by atoms with van der Waals surface area (Å²) in [6.07, 6.45) is 2.94. The normalized spacial score (nSPS) is 13.1. The van der Waals surface area contributed by atoms with Gasteiger partial charge in [0.05, 0.1) is 18.0 Å². The van der Waals surface area contributed by atoms with Crippen molar-refractivity contribution in [1.82, 2.24) is 14.7 Å². The van der Waals surface area contributed by atoms with Crippen LogP contribution < -0.4 is 5.32 Å². The third kappa shape index (κ3) is 2.48. The summed E-state index contributed by atoms with van der Waals surface area (Å²) in [7, 11) is 0. The highest BCUT2D eigenvalue weighted by Gasteiger charge is 2.10. The zero-order valence-corrected chi connectivity index (χ0v) is 10.3. The number of rotatable bonds is 5. The van der Waals surface area contributed by atoms with E-state index in [1.807, 2.05) is 31.3 Å². The van der Waals surface area contributed by atoms with Crippen LogP contribution in [-0.4, -0.2) is 27.1 Å². The fourth-order valence-corrected chi connectivity index (χ4v) is 1.96. The minimum absolute atomic E-state index is 0.156. The lowest BCUT2D eigenvalue weighted by Gasteiger charge is -2.14. The van der Waals surface area contributed by atoms with Crippen molar-refractivity contribution in [3.63, 3.8) is 0 Å². The lowest BCUT2D eigenvalue weighted by molar-refractivity contribution is 0.238. The maximum absolute atomic E-state index is 9.15. The van der Waals surface area contributed by atoms with Crippen LogP contribution in [0.4, 0.5) is 0 Å². The van der Waals surface area contributed by atoms with Gasteiger partial charge in [0.15, 0.2) is 0 Å². The van der Waals surface area contributed by atoms with Gasteiger partial charge in [-0.1, -0.05) is 13.0 Å². The minimum atomic E-state index is 0.156. The highest BCUT2D eigenvalue weighted by atomic mass is 16.3. The molecule has 0 spiro atoms. The van der Waals surface area contributed by atoms with Crippen LogP contribution in [0, 0.1) is 6.92 Å². The van der Waals surface area contributed by atoms with E-state index in [2.05, 4.69) is 21.6 Å². The molecule has 1 atom stereocenters. The molecule has 92 valence electrons. The molecule has 2 rings (SSSR count). The van der Waals surface area contributed by atoms with Crippen LogP contribution in [-0.2, 0) is 6.54 Å². The SMILES string of the molecule is CC[C@@H](CO)NCc1c(C)nc2ccccn12. The van der Waals surface area contributed by atoms with Crippen LogP contribution in [0.3, 0.4) is 0 Å². The predicted octanol–water partition coefficient (Wildman–Crippen LogP) is 1.50. The lowest BCUT2D eigenvalue weighted by atomic mass is 10.2. The first-order chi connectivity index (χ1) is 8.26. The molecule has 0 bridgehead atoms. The van der Waals surface area contributed by atoms with Crippen molar-refractivity contribution in [2.75, 3.05) is 6.61 Å². The quantitative estimate of drug-likeness (QED) is 0.823. The Kier molecular flexibility index (Phi) is 3.76. The molecule has 0 saturated heterocycles. The van der Waals surface area contributed by atoms with Crippen molar-refractivity contribution < 1.29 is 5.11 Å². The van der Waals surface area contributed by atoms with Gasteiger partial charge >= 0.3 is 0 Å². The summed E-state index contributed by atoms with van der Waals surface area (Å²) in [5.74, 6) is 0. The standard InChI is InChI=1S/C13H19N3O/c1-3-11(9-17)14-8-12-10(2)15-13-6-4-5-7-16(12)13/h4-7,11,14,17H,3,8-9H2,1-2H3/t11-/m0/s1. The Bertz CT molecular complexity index is 488. The van der Waals surface area contributed by atoms with E-state index < -0.39 is 0 Å². The molecule has 0 aliphatic rings. The number of nitrogens with zero attached hydrogens (tertiary/aromatic N) is 2. The third-order valence-corrected chi connectivity index (χ3v) is 3.10. The molecule has 0 fully saturated rings. The van der Waals surface area contributed by atoms with Crippen molar-refractivity contribution >= 4 is 5.65 Å². The number of hydrogen-bond donors (Lipinski definition) is 2. The molecular formula is C13H19N3O. The Morgan fingerprint density at radius 2 is 2.29 bits per heavy atom. The summed E-state index contributed by atoms with van der Waals surface area (Å²) in [4.78, 5) is 4.50. The molecule has 2 N–H and O–H groups in total. The predicted molar refractivity (Wildman–Crippen MR) is 67.9 cm³/mol.